The fourth-order valence-electron chi connectivity index (χ4n) is 3.57. The standard InChI is InChI=1S/C24H22FN3O/c25-19-10-8-17(9-11-19)22(15-20-5-3-4-13-26-20)24(29)27-14-12-18-16-28-23-7-2-1-6-21(18)23/h1-11,13,16,22,28H,12,14-15H2,(H,27,29). The minimum Gasteiger partial charge on any atom is -0.361 e. The van der Waals surface area contributed by atoms with Crippen LogP contribution in [-0.2, 0) is 17.6 Å². The molecule has 1 unspecified atom stereocenters. The monoisotopic (exact) mass is 387 g/mol. The number of nitrogens with zero attached hydrogens (tertiary/aromatic N) is 1. The lowest BCUT2D eigenvalue weighted by Crippen LogP contribution is -2.32. The van der Waals surface area contributed by atoms with Crippen molar-refractivity contribution in [3.63, 3.8) is 0 Å². The molecule has 1 atom stereocenters. The van der Waals surface area contributed by atoms with Crippen molar-refractivity contribution in [3.05, 3.63) is 102 Å². The third-order valence-corrected chi connectivity index (χ3v) is 5.10. The highest BCUT2D eigenvalue weighted by Gasteiger charge is 2.21. The van der Waals surface area contributed by atoms with Gasteiger partial charge in [0, 0.05) is 42.0 Å². The zero-order valence-electron chi connectivity index (χ0n) is 15.9. The Morgan fingerprint density at radius 3 is 2.62 bits per heavy atom. The number of aromatic nitrogens is 2. The summed E-state index contributed by atoms with van der Waals surface area (Å²) in [6, 6.07) is 19.9. The van der Waals surface area contributed by atoms with Crippen LogP contribution in [0.25, 0.3) is 10.9 Å². The Morgan fingerprint density at radius 1 is 1.03 bits per heavy atom. The van der Waals surface area contributed by atoms with Crippen LogP contribution in [-0.4, -0.2) is 22.4 Å². The van der Waals surface area contributed by atoms with Gasteiger partial charge in [-0.25, -0.2) is 4.39 Å². The molecule has 146 valence electrons. The van der Waals surface area contributed by atoms with Gasteiger partial charge in [0.25, 0.3) is 0 Å². The minimum absolute atomic E-state index is 0.0814. The number of nitrogens with one attached hydrogen (secondary N) is 2. The van der Waals surface area contributed by atoms with Crippen LogP contribution >= 0.6 is 0 Å². The summed E-state index contributed by atoms with van der Waals surface area (Å²) in [6.45, 7) is 0.528. The van der Waals surface area contributed by atoms with Crippen LogP contribution < -0.4 is 5.32 Å². The highest BCUT2D eigenvalue weighted by Crippen LogP contribution is 2.22. The topological polar surface area (TPSA) is 57.8 Å². The molecule has 0 bridgehead atoms. The number of hydrogen-bond acceptors (Lipinski definition) is 2. The Morgan fingerprint density at radius 2 is 1.83 bits per heavy atom. The molecule has 29 heavy (non-hydrogen) atoms. The van der Waals surface area contributed by atoms with E-state index in [4.69, 9.17) is 0 Å². The van der Waals surface area contributed by atoms with Crippen molar-refractivity contribution in [2.75, 3.05) is 6.54 Å². The van der Waals surface area contributed by atoms with Crippen molar-refractivity contribution in [2.24, 2.45) is 0 Å². The van der Waals surface area contributed by atoms with Gasteiger partial charge in [0.05, 0.1) is 5.92 Å². The van der Waals surface area contributed by atoms with Crippen LogP contribution in [0.4, 0.5) is 4.39 Å². The van der Waals surface area contributed by atoms with E-state index in [0.717, 1.165) is 23.2 Å². The number of aromatic amines is 1. The summed E-state index contributed by atoms with van der Waals surface area (Å²) in [5, 5.41) is 4.22. The molecule has 0 spiro atoms. The zero-order chi connectivity index (χ0) is 20.1. The predicted molar refractivity (Wildman–Crippen MR) is 112 cm³/mol. The van der Waals surface area contributed by atoms with E-state index in [2.05, 4.69) is 21.4 Å². The number of pyridine rings is 1. The molecule has 4 rings (SSSR count). The number of carbonyl (C=O) groups is 1. The number of H-pyrrole nitrogens is 1. The highest BCUT2D eigenvalue weighted by atomic mass is 19.1. The van der Waals surface area contributed by atoms with E-state index in [0.29, 0.717) is 13.0 Å². The molecule has 5 heteroatoms. The van der Waals surface area contributed by atoms with Gasteiger partial charge in [-0.2, -0.15) is 0 Å². The Kier molecular flexibility index (Phi) is 5.66. The maximum Gasteiger partial charge on any atom is 0.227 e. The molecule has 4 nitrogen and oxygen atoms in total. The number of halogens is 1. The molecule has 2 aromatic carbocycles. The van der Waals surface area contributed by atoms with Gasteiger partial charge in [-0.15, -0.1) is 0 Å². The summed E-state index contributed by atoms with van der Waals surface area (Å²) in [5.74, 6) is -0.819. The van der Waals surface area contributed by atoms with Crippen LogP contribution in [0.3, 0.4) is 0 Å². The Labute approximate surface area is 168 Å². The number of amides is 1. The molecule has 0 radical (unpaired) electrons. The van der Waals surface area contributed by atoms with Crippen LogP contribution in [0.1, 0.15) is 22.7 Å². The Balaban J connectivity index is 1.46. The number of rotatable bonds is 7. The second kappa shape index (κ2) is 8.69. The van der Waals surface area contributed by atoms with E-state index in [-0.39, 0.29) is 11.7 Å². The molecule has 0 aliphatic heterocycles. The fraction of sp³-hybridized carbons (Fsp3) is 0.167. The van der Waals surface area contributed by atoms with Crippen LogP contribution in [0.15, 0.2) is 79.1 Å². The molecule has 0 saturated carbocycles. The summed E-state index contributed by atoms with van der Waals surface area (Å²) >= 11 is 0. The predicted octanol–water partition coefficient (Wildman–Crippen LogP) is 4.39. The average Bonchev–Trinajstić information content (AvgIpc) is 3.17. The van der Waals surface area contributed by atoms with Gasteiger partial charge in [-0.05, 0) is 47.9 Å². The Hall–Kier alpha value is -3.47. The minimum atomic E-state index is -0.423. The van der Waals surface area contributed by atoms with Gasteiger partial charge >= 0.3 is 0 Å². The molecule has 2 heterocycles. The SMILES string of the molecule is O=C(NCCc1c[nH]c2ccccc12)C(Cc1ccccn1)c1ccc(F)cc1. The van der Waals surface area contributed by atoms with Crippen molar-refractivity contribution >= 4 is 16.8 Å². The number of para-hydroxylation sites is 1. The van der Waals surface area contributed by atoms with Crippen molar-refractivity contribution in [2.45, 2.75) is 18.8 Å². The summed E-state index contributed by atoms with van der Waals surface area (Å²) in [4.78, 5) is 20.6. The summed E-state index contributed by atoms with van der Waals surface area (Å²) in [6.07, 6.45) is 4.90. The first-order valence-corrected chi connectivity index (χ1v) is 9.69. The van der Waals surface area contributed by atoms with Crippen molar-refractivity contribution < 1.29 is 9.18 Å². The largest absolute Gasteiger partial charge is 0.361 e. The van der Waals surface area contributed by atoms with Crippen LogP contribution in [0, 0.1) is 5.82 Å². The lowest BCUT2D eigenvalue weighted by atomic mass is 9.93. The van der Waals surface area contributed by atoms with E-state index < -0.39 is 5.92 Å². The van der Waals surface area contributed by atoms with Gasteiger partial charge in [-0.3, -0.25) is 9.78 Å². The molecule has 2 aromatic heterocycles. The van der Waals surface area contributed by atoms with Gasteiger partial charge in [0.1, 0.15) is 5.82 Å². The van der Waals surface area contributed by atoms with E-state index in [1.165, 1.54) is 23.1 Å². The van der Waals surface area contributed by atoms with Crippen molar-refractivity contribution in [3.8, 4) is 0 Å². The molecule has 0 aliphatic rings. The normalized spacial score (nSPS) is 12.0. The van der Waals surface area contributed by atoms with Crippen LogP contribution in [0.2, 0.25) is 0 Å². The summed E-state index contributed by atoms with van der Waals surface area (Å²) < 4.78 is 13.3. The van der Waals surface area contributed by atoms with Crippen molar-refractivity contribution in [1.82, 2.24) is 15.3 Å². The maximum atomic E-state index is 13.3. The Bertz CT molecular complexity index is 1090. The van der Waals surface area contributed by atoms with E-state index >= 15 is 0 Å². The van der Waals surface area contributed by atoms with E-state index in [1.54, 1.807) is 18.3 Å². The molecule has 0 fully saturated rings. The molecule has 4 aromatic rings. The molecule has 0 aliphatic carbocycles. The zero-order valence-corrected chi connectivity index (χ0v) is 15.9. The van der Waals surface area contributed by atoms with E-state index in [1.807, 2.05) is 42.6 Å². The smallest absolute Gasteiger partial charge is 0.227 e. The van der Waals surface area contributed by atoms with Gasteiger partial charge in [-0.1, -0.05) is 36.4 Å². The third-order valence-electron chi connectivity index (χ3n) is 5.10. The summed E-state index contributed by atoms with van der Waals surface area (Å²) in [7, 11) is 0. The van der Waals surface area contributed by atoms with Gasteiger partial charge in [0.15, 0.2) is 0 Å². The maximum absolute atomic E-state index is 13.3. The first-order valence-electron chi connectivity index (χ1n) is 9.69. The van der Waals surface area contributed by atoms with E-state index in [9.17, 15) is 9.18 Å². The lowest BCUT2D eigenvalue weighted by Gasteiger charge is -2.17. The molecular formula is C24H22FN3O. The summed E-state index contributed by atoms with van der Waals surface area (Å²) in [5.41, 5.74) is 3.87. The van der Waals surface area contributed by atoms with Crippen LogP contribution in [0.5, 0.6) is 0 Å². The number of hydrogen-bond donors (Lipinski definition) is 2. The second-order valence-electron chi connectivity index (χ2n) is 7.03. The number of fused-ring (bicyclic) bond motifs is 1. The fourth-order valence-corrected chi connectivity index (χ4v) is 3.57. The van der Waals surface area contributed by atoms with Gasteiger partial charge in [0.2, 0.25) is 5.91 Å². The quantitative estimate of drug-likeness (QED) is 0.494. The third kappa shape index (κ3) is 4.51. The number of carbonyl (C=O) groups excluding carboxylic acids is 1. The molecule has 2 N–H and O–H groups in total. The first kappa shape index (κ1) is 18.9. The molecule has 0 saturated heterocycles. The lowest BCUT2D eigenvalue weighted by molar-refractivity contribution is -0.122. The average molecular weight is 387 g/mol. The number of benzene rings is 2. The molecule has 1 amide bonds. The van der Waals surface area contributed by atoms with Gasteiger partial charge < -0.3 is 10.3 Å². The second-order valence-corrected chi connectivity index (χ2v) is 7.03. The van der Waals surface area contributed by atoms with Crippen molar-refractivity contribution in [1.29, 1.82) is 0 Å². The molecular weight excluding hydrogens is 365 g/mol. The first-order chi connectivity index (χ1) is 14.2. The highest BCUT2D eigenvalue weighted by molar-refractivity contribution is 5.85.